The Morgan fingerprint density at radius 2 is 2.19 bits per heavy atom. The number of carbonyl (C=O) groups is 1. The van der Waals surface area contributed by atoms with Gasteiger partial charge in [0.15, 0.2) is 0 Å². The number of hydrogen-bond acceptors (Lipinski definition) is 4. The van der Waals surface area contributed by atoms with Crippen LogP contribution in [0.2, 0.25) is 0 Å². The molecule has 1 aliphatic heterocycles. The van der Waals surface area contributed by atoms with E-state index in [1.54, 1.807) is 6.20 Å². The minimum atomic E-state index is -0.142. The lowest BCUT2D eigenvalue weighted by Gasteiger charge is -2.32. The average Bonchev–Trinajstić information content (AvgIpc) is 3.28. The largest absolute Gasteiger partial charge is 0.465 e. The second-order valence-corrected chi connectivity index (χ2v) is 6.94. The molecule has 0 N–H and O–H groups in total. The van der Waals surface area contributed by atoms with Crippen molar-refractivity contribution in [1.29, 1.82) is 0 Å². The van der Waals surface area contributed by atoms with E-state index in [0.717, 1.165) is 30.2 Å². The minimum absolute atomic E-state index is 0.142. The van der Waals surface area contributed by atoms with Crippen LogP contribution in [-0.2, 0) is 22.4 Å². The molecule has 2 aromatic heterocycles. The second kappa shape index (κ2) is 6.94. The van der Waals surface area contributed by atoms with Crippen LogP contribution in [0.5, 0.6) is 0 Å². The van der Waals surface area contributed by atoms with Crippen LogP contribution in [0.15, 0.2) is 36.7 Å². The standard InChI is InChI=1S/C20H24N4O2/c1-3-12-26-20(25)13-16-15-6-4-5-7-18(15)24-14(2)17(8-9-19(16)24)23-11-10-21-22-23/h4-7,10-11,14,17H,3,8-9,12-13H2,1-2H3. The molecule has 0 radical (unpaired) electrons. The minimum Gasteiger partial charge on any atom is -0.465 e. The number of benzene rings is 1. The SMILES string of the molecule is CCCOC(=O)Cc1c2n(c3ccccc13)C(C)C(n1ccnn1)CC2. The maximum Gasteiger partial charge on any atom is 0.310 e. The fourth-order valence-corrected chi connectivity index (χ4v) is 4.18. The van der Waals surface area contributed by atoms with Gasteiger partial charge in [0, 0.05) is 22.8 Å². The third-order valence-corrected chi connectivity index (χ3v) is 5.34. The zero-order valence-corrected chi connectivity index (χ0v) is 15.3. The maximum atomic E-state index is 12.3. The van der Waals surface area contributed by atoms with E-state index in [-0.39, 0.29) is 18.1 Å². The quantitative estimate of drug-likeness (QED) is 0.660. The van der Waals surface area contributed by atoms with Crippen LogP contribution in [0.1, 0.15) is 50.0 Å². The highest BCUT2D eigenvalue weighted by Crippen LogP contribution is 2.40. The number of nitrogens with zero attached hydrogens (tertiary/aromatic N) is 4. The monoisotopic (exact) mass is 352 g/mol. The Morgan fingerprint density at radius 1 is 1.35 bits per heavy atom. The zero-order chi connectivity index (χ0) is 18.1. The van der Waals surface area contributed by atoms with E-state index in [2.05, 4.69) is 40.0 Å². The Hall–Kier alpha value is -2.63. The summed E-state index contributed by atoms with van der Waals surface area (Å²) in [5, 5.41) is 9.33. The van der Waals surface area contributed by atoms with E-state index in [0.29, 0.717) is 13.0 Å². The highest BCUT2D eigenvalue weighted by atomic mass is 16.5. The number of hydrogen-bond donors (Lipinski definition) is 0. The van der Waals surface area contributed by atoms with Crippen molar-refractivity contribution in [3.05, 3.63) is 47.9 Å². The molecular formula is C20H24N4O2. The molecule has 3 aromatic rings. The number of carbonyl (C=O) groups excluding carboxylic acids is 1. The van der Waals surface area contributed by atoms with Crippen LogP contribution >= 0.6 is 0 Å². The summed E-state index contributed by atoms with van der Waals surface area (Å²) < 4.78 is 9.68. The molecule has 3 heterocycles. The van der Waals surface area contributed by atoms with E-state index < -0.39 is 0 Å². The van der Waals surface area contributed by atoms with Gasteiger partial charge in [0.05, 0.1) is 31.3 Å². The first kappa shape index (κ1) is 16.8. The van der Waals surface area contributed by atoms with Gasteiger partial charge in [0.2, 0.25) is 0 Å². The molecule has 1 aromatic carbocycles. The van der Waals surface area contributed by atoms with Crippen LogP contribution in [0.25, 0.3) is 10.9 Å². The summed E-state index contributed by atoms with van der Waals surface area (Å²) in [6.45, 7) is 4.72. The Bertz CT molecular complexity index is 913. The number of ether oxygens (including phenoxy) is 1. The van der Waals surface area contributed by atoms with Gasteiger partial charge in [-0.15, -0.1) is 5.10 Å². The predicted molar refractivity (Wildman–Crippen MR) is 99.0 cm³/mol. The van der Waals surface area contributed by atoms with Crippen molar-refractivity contribution in [2.75, 3.05) is 6.61 Å². The summed E-state index contributed by atoms with van der Waals surface area (Å²) in [6, 6.07) is 8.85. The number of para-hydroxylation sites is 1. The Kier molecular flexibility index (Phi) is 4.49. The summed E-state index contributed by atoms with van der Waals surface area (Å²) in [6.07, 6.45) is 6.74. The van der Waals surface area contributed by atoms with Crippen molar-refractivity contribution in [2.24, 2.45) is 0 Å². The van der Waals surface area contributed by atoms with Crippen molar-refractivity contribution < 1.29 is 9.53 Å². The van der Waals surface area contributed by atoms with Gasteiger partial charge in [-0.1, -0.05) is 30.3 Å². The van der Waals surface area contributed by atoms with Gasteiger partial charge in [-0.25, -0.2) is 4.68 Å². The van der Waals surface area contributed by atoms with Crippen LogP contribution in [0.4, 0.5) is 0 Å². The Balaban J connectivity index is 1.76. The van der Waals surface area contributed by atoms with Crippen molar-refractivity contribution in [2.45, 2.75) is 51.6 Å². The van der Waals surface area contributed by atoms with Crippen molar-refractivity contribution in [3.8, 4) is 0 Å². The van der Waals surface area contributed by atoms with Gasteiger partial charge >= 0.3 is 5.97 Å². The maximum absolute atomic E-state index is 12.3. The lowest BCUT2D eigenvalue weighted by molar-refractivity contribution is -0.142. The highest BCUT2D eigenvalue weighted by Gasteiger charge is 2.32. The van der Waals surface area contributed by atoms with Crippen LogP contribution in [0.3, 0.4) is 0 Å². The molecule has 2 atom stereocenters. The Morgan fingerprint density at radius 3 is 2.96 bits per heavy atom. The van der Waals surface area contributed by atoms with Crippen LogP contribution in [-0.4, -0.2) is 32.1 Å². The number of esters is 1. The van der Waals surface area contributed by atoms with E-state index in [4.69, 9.17) is 4.74 Å². The van der Waals surface area contributed by atoms with Gasteiger partial charge in [0.25, 0.3) is 0 Å². The zero-order valence-electron chi connectivity index (χ0n) is 15.3. The molecular weight excluding hydrogens is 328 g/mol. The summed E-state index contributed by atoms with van der Waals surface area (Å²) in [7, 11) is 0. The molecule has 26 heavy (non-hydrogen) atoms. The topological polar surface area (TPSA) is 61.9 Å². The second-order valence-electron chi connectivity index (χ2n) is 6.94. The highest BCUT2D eigenvalue weighted by molar-refractivity contribution is 5.89. The first-order valence-electron chi connectivity index (χ1n) is 9.32. The first-order chi connectivity index (χ1) is 12.7. The van der Waals surface area contributed by atoms with E-state index in [1.807, 2.05) is 23.9 Å². The fraction of sp³-hybridized carbons (Fsp3) is 0.450. The number of rotatable bonds is 5. The summed E-state index contributed by atoms with van der Waals surface area (Å²) >= 11 is 0. The fourth-order valence-electron chi connectivity index (χ4n) is 4.18. The molecule has 2 unspecified atom stereocenters. The average molecular weight is 352 g/mol. The summed E-state index contributed by atoms with van der Waals surface area (Å²) in [4.78, 5) is 12.3. The first-order valence-corrected chi connectivity index (χ1v) is 9.32. The molecule has 0 bridgehead atoms. The molecule has 0 fully saturated rings. The third-order valence-electron chi connectivity index (χ3n) is 5.34. The van der Waals surface area contributed by atoms with Gasteiger partial charge < -0.3 is 9.30 Å². The number of aromatic nitrogens is 4. The molecule has 136 valence electrons. The van der Waals surface area contributed by atoms with Crippen LogP contribution < -0.4 is 0 Å². The normalized spacial score (nSPS) is 19.5. The molecule has 0 amide bonds. The molecule has 0 saturated carbocycles. The van der Waals surface area contributed by atoms with E-state index in [1.165, 1.54) is 11.2 Å². The van der Waals surface area contributed by atoms with Gasteiger partial charge in [-0.2, -0.15) is 0 Å². The van der Waals surface area contributed by atoms with E-state index >= 15 is 0 Å². The molecule has 4 rings (SSSR count). The third kappa shape index (κ3) is 2.79. The molecule has 6 nitrogen and oxygen atoms in total. The van der Waals surface area contributed by atoms with Gasteiger partial charge in [-0.05, 0) is 37.8 Å². The molecule has 0 saturated heterocycles. The summed E-state index contributed by atoms with van der Waals surface area (Å²) in [5.74, 6) is -0.142. The van der Waals surface area contributed by atoms with E-state index in [9.17, 15) is 4.79 Å². The molecule has 1 aliphatic rings. The van der Waals surface area contributed by atoms with Crippen molar-refractivity contribution in [3.63, 3.8) is 0 Å². The van der Waals surface area contributed by atoms with Gasteiger partial charge in [0.1, 0.15) is 0 Å². The lowest BCUT2D eigenvalue weighted by atomic mass is 9.95. The number of fused-ring (bicyclic) bond motifs is 3. The molecule has 0 aliphatic carbocycles. The smallest absolute Gasteiger partial charge is 0.310 e. The predicted octanol–water partition coefficient (Wildman–Crippen LogP) is 3.48. The Labute approximate surface area is 152 Å². The molecule has 6 heteroatoms. The lowest BCUT2D eigenvalue weighted by Crippen LogP contribution is -2.28. The summed E-state index contributed by atoms with van der Waals surface area (Å²) in [5.41, 5.74) is 3.55. The van der Waals surface area contributed by atoms with Gasteiger partial charge in [-0.3, -0.25) is 4.79 Å². The van der Waals surface area contributed by atoms with Crippen molar-refractivity contribution in [1.82, 2.24) is 19.6 Å². The molecule has 0 spiro atoms. The van der Waals surface area contributed by atoms with Crippen LogP contribution in [0, 0.1) is 0 Å². The van der Waals surface area contributed by atoms with Crippen molar-refractivity contribution >= 4 is 16.9 Å².